The summed E-state index contributed by atoms with van der Waals surface area (Å²) < 4.78 is 0. The molecule has 3 aliphatic rings. The van der Waals surface area contributed by atoms with Crippen molar-refractivity contribution in [3.63, 3.8) is 0 Å². The molecule has 0 aromatic carbocycles. The molecule has 0 amide bonds. The fourth-order valence-electron chi connectivity index (χ4n) is 3.03. The maximum atomic E-state index is 11.5. The predicted molar refractivity (Wildman–Crippen MR) is 62.2 cm³/mol. The highest BCUT2D eigenvalue weighted by atomic mass is 16.4. The van der Waals surface area contributed by atoms with Crippen LogP contribution >= 0.6 is 0 Å². The van der Waals surface area contributed by atoms with Gasteiger partial charge >= 0.3 is 5.97 Å². The van der Waals surface area contributed by atoms with Crippen molar-refractivity contribution in [1.29, 1.82) is 0 Å². The Morgan fingerprint density at radius 3 is 1.44 bits per heavy atom. The number of hydrogen-bond donors (Lipinski definition) is 1. The average molecular weight is 226 g/mol. The zero-order chi connectivity index (χ0) is 12.4. The summed E-state index contributed by atoms with van der Waals surface area (Å²) in [6.07, 6.45) is 4.45. The topological polar surface area (TPSA) is 54.4 Å². The fourth-order valence-corrected chi connectivity index (χ4v) is 3.03. The number of ketones is 1. The Kier molecular flexibility index (Phi) is 3.76. The SMILES string of the molecule is CC.CC(=O)C12CCC(C(=O)O)(CC1)CC2. The van der Waals surface area contributed by atoms with Gasteiger partial charge in [-0.15, -0.1) is 0 Å². The maximum Gasteiger partial charge on any atom is 0.309 e. The van der Waals surface area contributed by atoms with E-state index in [1.807, 2.05) is 13.8 Å². The van der Waals surface area contributed by atoms with Crippen LogP contribution in [0.25, 0.3) is 0 Å². The summed E-state index contributed by atoms with van der Waals surface area (Å²) in [5, 5.41) is 9.15. The van der Waals surface area contributed by atoms with E-state index in [1.165, 1.54) is 0 Å². The Labute approximate surface area is 97.2 Å². The molecule has 0 aromatic rings. The van der Waals surface area contributed by atoms with Gasteiger partial charge < -0.3 is 5.11 Å². The normalized spacial score (nSPS) is 36.2. The van der Waals surface area contributed by atoms with E-state index in [4.69, 9.17) is 5.11 Å². The largest absolute Gasteiger partial charge is 0.481 e. The van der Waals surface area contributed by atoms with E-state index in [9.17, 15) is 9.59 Å². The van der Waals surface area contributed by atoms with Gasteiger partial charge in [0.2, 0.25) is 0 Å². The van der Waals surface area contributed by atoms with Crippen LogP contribution in [-0.2, 0) is 9.59 Å². The molecule has 0 spiro atoms. The fraction of sp³-hybridized carbons (Fsp3) is 0.846. The Hall–Kier alpha value is -0.860. The zero-order valence-electron chi connectivity index (χ0n) is 10.5. The second-order valence-electron chi connectivity index (χ2n) is 4.92. The van der Waals surface area contributed by atoms with E-state index in [1.54, 1.807) is 6.92 Å². The van der Waals surface area contributed by atoms with E-state index < -0.39 is 11.4 Å². The third kappa shape index (κ3) is 1.87. The van der Waals surface area contributed by atoms with Gasteiger partial charge in [-0.1, -0.05) is 13.8 Å². The Bertz CT molecular complexity index is 239. The predicted octanol–water partition coefficient (Wildman–Crippen LogP) is 3.03. The molecule has 0 atom stereocenters. The van der Waals surface area contributed by atoms with Gasteiger partial charge in [-0.25, -0.2) is 0 Å². The highest BCUT2D eigenvalue weighted by Crippen LogP contribution is 2.57. The molecule has 16 heavy (non-hydrogen) atoms. The molecule has 0 radical (unpaired) electrons. The first kappa shape index (κ1) is 13.2. The van der Waals surface area contributed by atoms with Gasteiger partial charge in [0.15, 0.2) is 0 Å². The van der Waals surface area contributed by atoms with Crippen molar-refractivity contribution in [2.75, 3.05) is 0 Å². The van der Waals surface area contributed by atoms with Crippen LogP contribution in [-0.4, -0.2) is 16.9 Å². The van der Waals surface area contributed by atoms with Crippen molar-refractivity contribution in [3.05, 3.63) is 0 Å². The highest BCUT2D eigenvalue weighted by molar-refractivity contribution is 5.84. The lowest BCUT2D eigenvalue weighted by atomic mass is 9.52. The van der Waals surface area contributed by atoms with Gasteiger partial charge in [0.1, 0.15) is 5.78 Å². The van der Waals surface area contributed by atoms with Crippen molar-refractivity contribution in [1.82, 2.24) is 0 Å². The van der Waals surface area contributed by atoms with Crippen LogP contribution < -0.4 is 0 Å². The van der Waals surface area contributed by atoms with Crippen LogP contribution in [0.5, 0.6) is 0 Å². The summed E-state index contributed by atoms with van der Waals surface area (Å²) in [6, 6.07) is 0. The second-order valence-corrected chi connectivity index (χ2v) is 4.92. The van der Waals surface area contributed by atoms with E-state index >= 15 is 0 Å². The van der Waals surface area contributed by atoms with Crippen LogP contribution in [0.15, 0.2) is 0 Å². The summed E-state index contributed by atoms with van der Waals surface area (Å²) in [4.78, 5) is 22.6. The number of fused-ring (bicyclic) bond motifs is 3. The molecule has 3 saturated carbocycles. The third-order valence-electron chi connectivity index (χ3n) is 4.45. The summed E-state index contributed by atoms with van der Waals surface area (Å²) in [6.45, 7) is 5.65. The Morgan fingerprint density at radius 2 is 1.19 bits per heavy atom. The monoisotopic (exact) mass is 226 g/mol. The lowest BCUT2D eigenvalue weighted by Crippen LogP contribution is -2.48. The van der Waals surface area contributed by atoms with Gasteiger partial charge in [0.05, 0.1) is 5.41 Å². The summed E-state index contributed by atoms with van der Waals surface area (Å²) >= 11 is 0. The molecule has 0 heterocycles. The van der Waals surface area contributed by atoms with E-state index in [2.05, 4.69) is 0 Å². The summed E-state index contributed by atoms with van der Waals surface area (Å²) in [7, 11) is 0. The number of hydrogen-bond acceptors (Lipinski definition) is 2. The molecule has 0 saturated heterocycles. The third-order valence-corrected chi connectivity index (χ3v) is 4.45. The number of carbonyl (C=O) groups excluding carboxylic acids is 1. The molecule has 3 aliphatic carbocycles. The van der Waals surface area contributed by atoms with Crippen molar-refractivity contribution in [2.24, 2.45) is 10.8 Å². The van der Waals surface area contributed by atoms with Crippen LogP contribution in [0, 0.1) is 10.8 Å². The van der Waals surface area contributed by atoms with Crippen LogP contribution in [0.3, 0.4) is 0 Å². The van der Waals surface area contributed by atoms with Crippen molar-refractivity contribution in [2.45, 2.75) is 59.3 Å². The molecular formula is C13H22O3. The molecule has 0 unspecified atom stereocenters. The number of Topliss-reactive ketones (excluding diaryl/α,β-unsaturated/α-hetero) is 1. The van der Waals surface area contributed by atoms with E-state index in [0.29, 0.717) is 19.3 Å². The molecule has 0 aliphatic heterocycles. The van der Waals surface area contributed by atoms with Gasteiger partial charge in [-0.05, 0) is 45.4 Å². The minimum absolute atomic E-state index is 0.156. The molecule has 1 N–H and O–H groups in total. The molecule has 0 aromatic heterocycles. The number of carbonyl (C=O) groups is 2. The van der Waals surface area contributed by atoms with Crippen molar-refractivity contribution >= 4 is 11.8 Å². The molecule has 3 rings (SSSR count). The second kappa shape index (κ2) is 4.56. The molecule has 2 bridgehead atoms. The number of rotatable bonds is 2. The lowest BCUT2D eigenvalue weighted by Gasteiger charge is -2.50. The first-order valence-corrected chi connectivity index (χ1v) is 6.25. The zero-order valence-corrected chi connectivity index (χ0v) is 10.5. The minimum atomic E-state index is -0.658. The Balaban J connectivity index is 0.000000606. The van der Waals surface area contributed by atoms with E-state index in [0.717, 1.165) is 19.3 Å². The number of carboxylic acid groups (broad SMARTS) is 1. The standard InChI is InChI=1S/C11H16O3.C2H6/c1-8(12)10-2-5-11(6-3-10,7-4-10)9(13)14;1-2/h2-7H2,1H3,(H,13,14);1-2H3. The first-order chi connectivity index (χ1) is 7.51. The summed E-state index contributed by atoms with van der Waals surface area (Å²) in [5.74, 6) is -0.398. The van der Waals surface area contributed by atoms with Crippen molar-refractivity contribution in [3.8, 4) is 0 Å². The van der Waals surface area contributed by atoms with Crippen LogP contribution in [0.4, 0.5) is 0 Å². The van der Waals surface area contributed by atoms with Gasteiger partial charge in [0.25, 0.3) is 0 Å². The molecular weight excluding hydrogens is 204 g/mol. The summed E-state index contributed by atoms with van der Waals surface area (Å²) in [5.41, 5.74) is -0.644. The number of carboxylic acids is 1. The van der Waals surface area contributed by atoms with Crippen molar-refractivity contribution < 1.29 is 14.7 Å². The molecule has 3 nitrogen and oxygen atoms in total. The smallest absolute Gasteiger partial charge is 0.309 e. The average Bonchev–Trinajstić information content (AvgIpc) is 2.33. The van der Waals surface area contributed by atoms with Crippen LogP contribution in [0.2, 0.25) is 0 Å². The minimum Gasteiger partial charge on any atom is -0.481 e. The highest BCUT2D eigenvalue weighted by Gasteiger charge is 2.54. The first-order valence-electron chi connectivity index (χ1n) is 6.25. The molecule has 3 heteroatoms. The van der Waals surface area contributed by atoms with Gasteiger partial charge in [-0.3, -0.25) is 9.59 Å². The van der Waals surface area contributed by atoms with Crippen LogP contribution in [0.1, 0.15) is 59.3 Å². The van der Waals surface area contributed by atoms with E-state index in [-0.39, 0.29) is 11.2 Å². The number of aliphatic carboxylic acids is 1. The van der Waals surface area contributed by atoms with Gasteiger partial charge in [-0.2, -0.15) is 0 Å². The van der Waals surface area contributed by atoms with Gasteiger partial charge in [0, 0.05) is 5.41 Å². The quantitative estimate of drug-likeness (QED) is 0.787. The molecule has 3 fully saturated rings. The Morgan fingerprint density at radius 1 is 0.875 bits per heavy atom. The molecule has 92 valence electrons. The lowest BCUT2D eigenvalue weighted by molar-refractivity contribution is -0.162. The maximum absolute atomic E-state index is 11.5.